The maximum atomic E-state index is 12.5. The molecule has 3 aromatic carbocycles. The second kappa shape index (κ2) is 11.2. The Kier molecular flexibility index (Phi) is 7.84. The van der Waals surface area contributed by atoms with Crippen LogP contribution in [0.4, 0.5) is 0 Å². The molecule has 0 unspecified atom stereocenters. The number of benzene rings is 3. The number of carbonyl (C=O) groups is 1. The van der Waals surface area contributed by atoms with E-state index in [0.717, 1.165) is 31.9 Å². The van der Waals surface area contributed by atoms with E-state index in [4.69, 9.17) is 19.2 Å². The number of rotatable bonds is 10. The summed E-state index contributed by atoms with van der Waals surface area (Å²) in [5.41, 5.74) is 3.94. The first-order valence-electron chi connectivity index (χ1n) is 11.2. The van der Waals surface area contributed by atoms with E-state index in [1.165, 1.54) is 0 Å². The molecular weight excluding hydrogens is 462 g/mol. The van der Waals surface area contributed by atoms with Crippen molar-refractivity contribution in [2.24, 2.45) is 0 Å². The van der Waals surface area contributed by atoms with Gasteiger partial charge in [-0.2, -0.15) is 0 Å². The zero-order valence-corrected chi connectivity index (χ0v) is 21.1. The first-order chi connectivity index (χ1) is 17.0. The van der Waals surface area contributed by atoms with Gasteiger partial charge in [0.15, 0.2) is 18.1 Å². The van der Waals surface area contributed by atoms with Gasteiger partial charge in [-0.25, -0.2) is 4.98 Å². The van der Waals surface area contributed by atoms with E-state index in [0.29, 0.717) is 30.3 Å². The smallest absolute Gasteiger partial charge is 0.258 e. The second-order valence-electron chi connectivity index (χ2n) is 8.30. The van der Waals surface area contributed by atoms with Crippen molar-refractivity contribution in [3.8, 4) is 27.8 Å². The molecule has 0 spiro atoms. The first kappa shape index (κ1) is 24.5. The summed E-state index contributed by atoms with van der Waals surface area (Å²) in [6.45, 7) is 0.971. The number of aromatic nitrogens is 1. The van der Waals surface area contributed by atoms with Gasteiger partial charge >= 0.3 is 0 Å². The van der Waals surface area contributed by atoms with E-state index in [1.807, 2.05) is 62.6 Å². The van der Waals surface area contributed by atoms with Gasteiger partial charge in [-0.15, -0.1) is 11.3 Å². The fourth-order valence-electron chi connectivity index (χ4n) is 3.70. The van der Waals surface area contributed by atoms with Gasteiger partial charge in [0.1, 0.15) is 10.8 Å². The van der Waals surface area contributed by atoms with Gasteiger partial charge in [0.25, 0.3) is 5.91 Å². The standard InChI is InChI=1S/C27H29N3O4S/c1-30(2)16-20-14-19(27-29-21-7-5-6-8-25(21)35-27)10-12-22(20)34-17-26(31)28-15-18-9-11-23(32-3)24(13-18)33-4/h5-14H,15-17H2,1-4H3,(H,28,31). The van der Waals surface area contributed by atoms with Crippen LogP contribution in [0.3, 0.4) is 0 Å². The van der Waals surface area contributed by atoms with Crippen molar-refractivity contribution in [3.63, 3.8) is 0 Å². The summed E-state index contributed by atoms with van der Waals surface area (Å²) in [6, 6.07) is 19.7. The Hall–Kier alpha value is -3.62. The minimum absolute atomic E-state index is 0.0752. The highest BCUT2D eigenvalue weighted by molar-refractivity contribution is 7.21. The van der Waals surface area contributed by atoms with Crippen LogP contribution in [0.15, 0.2) is 60.7 Å². The Balaban J connectivity index is 1.43. The normalized spacial score (nSPS) is 11.0. The fourth-order valence-corrected chi connectivity index (χ4v) is 4.66. The van der Waals surface area contributed by atoms with Crippen molar-refractivity contribution in [2.45, 2.75) is 13.1 Å². The van der Waals surface area contributed by atoms with Crippen LogP contribution in [0.25, 0.3) is 20.8 Å². The zero-order chi connectivity index (χ0) is 24.8. The largest absolute Gasteiger partial charge is 0.493 e. The molecule has 0 bridgehead atoms. The Morgan fingerprint density at radius 2 is 1.74 bits per heavy atom. The van der Waals surface area contributed by atoms with Crippen LogP contribution < -0.4 is 19.5 Å². The van der Waals surface area contributed by atoms with Crippen LogP contribution in [0.2, 0.25) is 0 Å². The Morgan fingerprint density at radius 3 is 2.49 bits per heavy atom. The highest BCUT2D eigenvalue weighted by Crippen LogP contribution is 2.33. The number of para-hydroxylation sites is 1. The SMILES string of the molecule is COc1ccc(CNC(=O)COc2ccc(-c3nc4ccccc4s3)cc2CN(C)C)cc1OC. The molecule has 1 aromatic heterocycles. The number of ether oxygens (including phenoxy) is 3. The van der Waals surface area contributed by atoms with Crippen LogP contribution in [-0.4, -0.2) is 50.7 Å². The van der Waals surface area contributed by atoms with Crippen molar-refractivity contribution in [1.29, 1.82) is 0 Å². The quantitative estimate of drug-likeness (QED) is 0.346. The molecule has 35 heavy (non-hydrogen) atoms. The second-order valence-corrected chi connectivity index (χ2v) is 9.33. The van der Waals surface area contributed by atoms with E-state index in [2.05, 4.69) is 22.3 Å². The number of nitrogens with one attached hydrogen (secondary N) is 1. The molecule has 0 fully saturated rings. The van der Waals surface area contributed by atoms with Gasteiger partial charge < -0.3 is 24.4 Å². The van der Waals surface area contributed by atoms with E-state index >= 15 is 0 Å². The number of nitrogens with zero attached hydrogens (tertiary/aromatic N) is 2. The topological polar surface area (TPSA) is 72.9 Å². The molecule has 0 saturated heterocycles. The molecule has 1 heterocycles. The molecule has 0 aliphatic heterocycles. The van der Waals surface area contributed by atoms with Crippen LogP contribution in [0.5, 0.6) is 17.2 Å². The number of methoxy groups -OCH3 is 2. The zero-order valence-electron chi connectivity index (χ0n) is 20.3. The van der Waals surface area contributed by atoms with Gasteiger partial charge in [0.2, 0.25) is 0 Å². The third-order valence-electron chi connectivity index (χ3n) is 5.38. The van der Waals surface area contributed by atoms with Crippen LogP contribution in [0.1, 0.15) is 11.1 Å². The van der Waals surface area contributed by atoms with Crippen LogP contribution in [0, 0.1) is 0 Å². The Morgan fingerprint density at radius 1 is 0.971 bits per heavy atom. The molecule has 4 rings (SSSR count). The van der Waals surface area contributed by atoms with E-state index in [9.17, 15) is 4.79 Å². The van der Waals surface area contributed by atoms with Crippen molar-refractivity contribution >= 4 is 27.5 Å². The highest BCUT2D eigenvalue weighted by Gasteiger charge is 2.13. The van der Waals surface area contributed by atoms with Gasteiger partial charge in [0.05, 0.1) is 24.4 Å². The summed E-state index contributed by atoms with van der Waals surface area (Å²) in [4.78, 5) is 19.3. The van der Waals surface area contributed by atoms with Gasteiger partial charge in [-0.1, -0.05) is 18.2 Å². The lowest BCUT2D eigenvalue weighted by atomic mass is 10.1. The average molecular weight is 492 g/mol. The number of fused-ring (bicyclic) bond motifs is 1. The van der Waals surface area contributed by atoms with Crippen molar-refractivity contribution < 1.29 is 19.0 Å². The summed E-state index contributed by atoms with van der Waals surface area (Å²) >= 11 is 1.66. The number of carbonyl (C=O) groups excluding carboxylic acids is 1. The minimum atomic E-state index is -0.203. The summed E-state index contributed by atoms with van der Waals surface area (Å²) in [7, 11) is 7.18. The molecule has 182 valence electrons. The van der Waals surface area contributed by atoms with Crippen molar-refractivity contribution in [3.05, 3.63) is 71.8 Å². The van der Waals surface area contributed by atoms with E-state index in [1.54, 1.807) is 25.6 Å². The lowest BCUT2D eigenvalue weighted by Crippen LogP contribution is -2.28. The van der Waals surface area contributed by atoms with Gasteiger partial charge in [-0.3, -0.25) is 4.79 Å². The predicted octanol–water partition coefficient (Wildman–Crippen LogP) is 4.74. The Bertz CT molecular complexity index is 1290. The highest BCUT2D eigenvalue weighted by atomic mass is 32.1. The molecular formula is C27H29N3O4S. The monoisotopic (exact) mass is 491 g/mol. The average Bonchev–Trinajstić information content (AvgIpc) is 3.30. The van der Waals surface area contributed by atoms with Gasteiger partial charge in [-0.05, 0) is 62.1 Å². The summed E-state index contributed by atoms with van der Waals surface area (Å²) < 4.78 is 17.7. The fraction of sp³-hybridized carbons (Fsp3) is 0.259. The van der Waals surface area contributed by atoms with Crippen LogP contribution >= 0.6 is 11.3 Å². The lowest BCUT2D eigenvalue weighted by molar-refractivity contribution is -0.123. The van der Waals surface area contributed by atoms with Crippen molar-refractivity contribution in [1.82, 2.24) is 15.2 Å². The number of amides is 1. The number of hydrogen-bond acceptors (Lipinski definition) is 7. The number of thiazole rings is 1. The Labute approximate surface area is 209 Å². The number of hydrogen-bond donors (Lipinski definition) is 1. The summed E-state index contributed by atoms with van der Waals surface area (Å²) in [6.07, 6.45) is 0. The summed E-state index contributed by atoms with van der Waals surface area (Å²) in [5, 5.41) is 3.85. The molecule has 8 heteroatoms. The molecule has 0 radical (unpaired) electrons. The molecule has 0 aliphatic carbocycles. The molecule has 0 aliphatic rings. The molecule has 4 aromatic rings. The van der Waals surface area contributed by atoms with Crippen LogP contribution in [-0.2, 0) is 17.9 Å². The van der Waals surface area contributed by atoms with E-state index in [-0.39, 0.29) is 12.5 Å². The molecule has 0 saturated carbocycles. The predicted molar refractivity (Wildman–Crippen MR) is 139 cm³/mol. The third-order valence-corrected chi connectivity index (χ3v) is 6.47. The van der Waals surface area contributed by atoms with Gasteiger partial charge in [0, 0.05) is 24.2 Å². The first-order valence-corrected chi connectivity index (χ1v) is 12.0. The molecule has 7 nitrogen and oxygen atoms in total. The molecule has 1 N–H and O–H groups in total. The maximum absolute atomic E-state index is 12.5. The summed E-state index contributed by atoms with van der Waals surface area (Å²) in [5.74, 6) is 1.75. The molecule has 0 atom stereocenters. The minimum Gasteiger partial charge on any atom is -0.493 e. The molecule has 1 amide bonds. The van der Waals surface area contributed by atoms with Crippen molar-refractivity contribution in [2.75, 3.05) is 34.9 Å². The van der Waals surface area contributed by atoms with E-state index < -0.39 is 0 Å². The lowest BCUT2D eigenvalue weighted by Gasteiger charge is -2.16. The maximum Gasteiger partial charge on any atom is 0.258 e. The third kappa shape index (κ3) is 6.09.